The third kappa shape index (κ3) is 2.61. The van der Waals surface area contributed by atoms with Crippen LogP contribution in [0.4, 0.5) is 0 Å². The predicted molar refractivity (Wildman–Crippen MR) is 74.1 cm³/mol. The molecule has 112 valence electrons. The Morgan fingerprint density at radius 1 is 1.40 bits per heavy atom. The van der Waals surface area contributed by atoms with Crippen LogP contribution >= 0.6 is 0 Å². The third-order valence-corrected chi connectivity index (χ3v) is 6.20. The zero-order valence-corrected chi connectivity index (χ0v) is 12.7. The van der Waals surface area contributed by atoms with Gasteiger partial charge >= 0.3 is 0 Å². The highest BCUT2D eigenvalue weighted by atomic mass is 32.2. The van der Waals surface area contributed by atoms with Gasteiger partial charge in [-0.15, -0.1) is 0 Å². The van der Waals surface area contributed by atoms with E-state index in [9.17, 15) is 8.42 Å². The summed E-state index contributed by atoms with van der Waals surface area (Å²) < 4.78 is 28.5. The van der Waals surface area contributed by atoms with E-state index in [0.29, 0.717) is 18.1 Å². The summed E-state index contributed by atoms with van der Waals surface area (Å²) in [5.74, 6) is 1.41. The molecule has 0 aromatic carbocycles. The summed E-state index contributed by atoms with van der Waals surface area (Å²) in [5.41, 5.74) is 0.0732. The Hall–Kier alpha value is -0.950. The zero-order chi connectivity index (χ0) is 14.4. The minimum atomic E-state index is -2.92. The van der Waals surface area contributed by atoms with E-state index in [2.05, 4.69) is 29.3 Å². The molecule has 2 atom stereocenters. The molecule has 1 aromatic heterocycles. The fraction of sp³-hybridized carbons (Fsp3) is 0.846. The van der Waals surface area contributed by atoms with E-state index in [0.717, 1.165) is 19.4 Å². The van der Waals surface area contributed by atoms with Crippen molar-refractivity contribution in [1.82, 2.24) is 15.5 Å². The van der Waals surface area contributed by atoms with Gasteiger partial charge in [0.1, 0.15) is 0 Å². The minimum absolute atomic E-state index is 0.0514. The number of nitrogens with zero attached hydrogens (tertiary/aromatic N) is 2. The molecule has 0 bridgehead atoms. The normalized spacial score (nSPS) is 32.3. The van der Waals surface area contributed by atoms with E-state index >= 15 is 0 Å². The summed E-state index contributed by atoms with van der Waals surface area (Å²) in [5, 5.41) is 7.45. The molecule has 3 rings (SSSR count). The Morgan fingerprint density at radius 3 is 2.85 bits per heavy atom. The van der Waals surface area contributed by atoms with Crippen molar-refractivity contribution in [1.29, 1.82) is 0 Å². The van der Waals surface area contributed by atoms with Crippen molar-refractivity contribution in [3.63, 3.8) is 0 Å². The van der Waals surface area contributed by atoms with Gasteiger partial charge in [-0.25, -0.2) is 8.42 Å². The number of rotatable bonds is 2. The quantitative estimate of drug-likeness (QED) is 0.889. The average molecular weight is 299 g/mol. The highest BCUT2D eigenvalue weighted by Gasteiger charge is 2.38. The fourth-order valence-electron chi connectivity index (χ4n) is 3.16. The summed E-state index contributed by atoms with van der Waals surface area (Å²) in [4.78, 5) is 4.47. The molecule has 2 fully saturated rings. The van der Waals surface area contributed by atoms with Crippen molar-refractivity contribution in [2.75, 3.05) is 18.1 Å². The lowest BCUT2D eigenvalue weighted by atomic mass is 9.77. The van der Waals surface area contributed by atoms with Gasteiger partial charge in [0.05, 0.1) is 17.5 Å². The molecule has 0 amide bonds. The van der Waals surface area contributed by atoms with Crippen LogP contribution in [0, 0.1) is 5.41 Å². The molecular weight excluding hydrogens is 278 g/mol. The molecule has 2 aliphatic rings. The van der Waals surface area contributed by atoms with Crippen molar-refractivity contribution in [2.45, 2.75) is 45.1 Å². The maximum Gasteiger partial charge on any atom is 0.244 e. The van der Waals surface area contributed by atoms with Gasteiger partial charge in [0.15, 0.2) is 15.7 Å². The van der Waals surface area contributed by atoms with Crippen LogP contribution in [0.15, 0.2) is 4.52 Å². The lowest BCUT2D eigenvalue weighted by Crippen LogP contribution is -2.39. The number of hydrogen-bond acceptors (Lipinski definition) is 6. The summed E-state index contributed by atoms with van der Waals surface area (Å²) >= 11 is 0. The fourth-order valence-corrected chi connectivity index (χ4v) is 4.90. The monoisotopic (exact) mass is 299 g/mol. The number of aromatic nitrogens is 2. The van der Waals surface area contributed by atoms with Crippen LogP contribution in [0.5, 0.6) is 0 Å². The van der Waals surface area contributed by atoms with Crippen LogP contribution in [0.1, 0.15) is 56.8 Å². The molecule has 6 nitrogen and oxygen atoms in total. The van der Waals surface area contributed by atoms with Crippen molar-refractivity contribution in [3.8, 4) is 0 Å². The largest absolute Gasteiger partial charge is 0.338 e. The zero-order valence-electron chi connectivity index (χ0n) is 11.9. The topological polar surface area (TPSA) is 85.1 Å². The molecule has 0 aliphatic carbocycles. The first-order valence-corrected chi connectivity index (χ1v) is 8.97. The van der Waals surface area contributed by atoms with E-state index in [1.54, 1.807) is 0 Å². The Labute approximate surface area is 119 Å². The maximum atomic E-state index is 11.5. The van der Waals surface area contributed by atoms with E-state index in [-0.39, 0.29) is 28.9 Å². The van der Waals surface area contributed by atoms with Gasteiger partial charge in [-0.3, -0.25) is 0 Å². The lowest BCUT2D eigenvalue weighted by molar-refractivity contribution is 0.146. The van der Waals surface area contributed by atoms with E-state index in [1.807, 2.05) is 0 Å². The van der Waals surface area contributed by atoms with Crippen LogP contribution in [0.3, 0.4) is 0 Å². The van der Waals surface area contributed by atoms with E-state index in [4.69, 9.17) is 4.52 Å². The van der Waals surface area contributed by atoms with Gasteiger partial charge in [-0.1, -0.05) is 19.0 Å². The Balaban J connectivity index is 1.80. The number of hydrogen-bond donors (Lipinski definition) is 1. The molecule has 7 heteroatoms. The van der Waals surface area contributed by atoms with Gasteiger partial charge < -0.3 is 9.84 Å². The summed E-state index contributed by atoms with van der Waals surface area (Å²) in [6, 6.07) is 0.0514. The second-order valence-corrected chi connectivity index (χ2v) is 8.80. The number of sulfone groups is 1. The average Bonchev–Trinajstić information content (AvgIpc) is 2.95. The Morgan fingerprint density at radius 2 is 2.20 bits per heavy atom. The molecule has 1 aromatic rings. The summed E-state index contributed by atoms with van der Waals surface area (Å²) in [6.07, 6.45) is 2.86. The second kappa shape index (κ2) is 4.80. The van der Waals surface area contributed by atoms with Crippen LogP contribution in [-0.2, 0) is 9.84 Å². The SMILES string of the molecule is CC1(C)CCCNC1c1nc(C2CCS(=O)(=O)C2)no1. The molecule has 2 saturated heterocycles. The Kier molecular flexibility index (Phi) is 3.36. The highest BCUT2D eigenvalue weighted by molar-refractivity contribution is 7.91. The van der Waals surface area contributed by atoms with E-state index in [1.165, 1.54) is 0 Å². The molecule has 0 radical (unpaired) electrons. The van der Waals surface area contributed by atoms with Gasteiger partial charge in [0.25, 0.3) is 0 Å². The summed E-state index contributed by atoms with van der Waals surface area (Å²) in [6.45, 7) is 5.32. The molecule has 20 heavy (non-hydrogen) atoms. The minimum Gasteiger partial charge on any atom is -0.338 e. The van der Waals surface area contributed by atoms with Crippen molar-refractivity contribution in [2.24, 2.45) is 5.41 Å². The van der Waals surface area contributed by atoms with Crippen LogP contribution in [-0.4, -0.2) is 36.6 Å². The maximum absolute atomic E-state index is 11.5. The van der Waals surface area contributed by atoms with Gasteiger partial charge in [0.2, 0.25) is 5.89 Å². The summed E-state index contributed by atoms with van der Waals surface area (Å²) in [7, 11) is -2.92. The smallest absolute Gasteiger partial charge is 0.244 e. The highest BCUT2D eigenvalue weighted by Crippen LogP contribution is 2.40. The number of nitrogens with one attached hydrogen (secondary N) is 1. The van der Waals surface area contributed by atoms with Crippen molar-refractivity contribution >= 4 is 9.84 Å². The first-order valence-electron chi connectivity index (χ1n) is 7.15. The van der Waals surface area contributed by atoms with Gasteiger partial charge in [-0.05, 0) is 31.2 Å². The first-order chi connectivity index (χ1) is 9.37. The third-order valence-electron chi connectivity index (χ3n) is 4.43. The first kappa shape index (κ1) is 14.0. The van der Waals surface area contributed by atoms with Gasteiger partial charge in [-0.2, -0.15) is 4.98 Å². The van der Waals surface area contributed by atoms with Gasteiger partial charge in [0, 0.05) is 5.92 Å². The lowest BCUT2D eigenvalue weighted by Gasteiger charge is -2.36. The molecule has 1 N–H and O–H groups in total. The van der Waals surface area contributed by atoms with Crippen LogP contribution < -0.4 is 5.32 Å². The number of piperidine rings is 1. The van der Waals surface area contributed by atoms with Crippen LogP contribution in [0.2, 0.25) is 0 Å². The molecule has 2 aliphatic heterocycles. The molecule has 3 heterocycles. The van der Waals surface area contributed by atoms with E-state index < -0.39 is 9.84 Å². The predicted octanol–water partition coefficient (Wildman–Crippen LogP) is 1.42. The van der Waals surface area contributed by atoms with Crippen molar-refractivity contribution < 1.29 is 12.9 Å². The standard InChI is InChI=1S/C13H21N3O3S/c1-13(2)5-3-6-14-10(13)12-15-11(16-19-12)9-4-7-20(17,18)8-9/h9-10,14H,3-8H2,1-2H3. The molecular formula is C13H21N3O3S. The molecule has 2 unspecified atom stereocenters. The van der Waals surface area contributed by atoms with Crippen molar-refractivity contribution in [3.05, 3.63) is 11.7 Å². The van der Waals surface area contributed by atoms with Crippen LogP contribution in [0.25, 0.3) is 0 Å². The molecule has 0 spiro atoms. The second-order valence-electron chi connectivity index (χ2n) is 6.57. The molecule has 0 saturated carbocycles. The Bertz CT molecular complexity index is 594.